The minimum Gasteiger partial charge on any atom is -0.478 e. The maximum absolute atomic E-state index is 9.60. The summed E-state index contributed by atoms with van der Waals surface area (Å²) in [5.74, 6) is -3.74. The van der Waals surface area contributed by atoms with Crippen molar-refractivity contribution in [3.8, 4) is 0 Å². The van der Waals surface area contributed by atoms with Crippen LogP contribution in [-0.2, 0) is 19.2 Å². The summed E-state index contributed by atoms with van der Waals surface area (Å²) in [6.45, 7) is 21.5. The van der Waals surface area contributed by atoms with Gasteiger partial charge in [-0.2, -0.15) is 0 Å². The molecule has 0 amide bonds. The number of carboxylic acids is 4. The first-order chi connectivity index (χ1) is 15.6. The van der Waals surface area contributed by atoms with Crippen molar-refractivity contribution >= 4 is 23.9 Å². The Morgan fingerprint density at radius 2 is 0.714 bits per heavy atom. The van der Waals surface area contributed by atoms with E-state index in [4.69, 9.17) is 40.9 Å². The summed E-state index contributed by atoms with van der Waals surface area (Å²) >= 11 is 0. The van der Waals surface area contributed by atoms with Crippen LogP contribution in [-0.4, -0.2) is 90.2 Å². The predicted octanol–water partition coefficient (Wildman–Crippen LogP) is 1.70. The van der Waals surface area contributed by atoms with Crippen molar-refractivity contribution in [2.24, 2.45) is 0 Å². The molecule has 0 aromatic heterocycles. The summed E-state index contributed by atoms with van der Waals surface area (Å²) in [5.41, 5.74) is 0.704. The molecule has 0 radical (unpaired) electrons. The molecule has 0 saturated heterocycles. The van der Waals surface area contributed by atoms with Crippen LogP contribution in [0.2, 0.25) is 0 Å². The Hall–Kier alpha value is -3.32. The van der Waals surface area contributed by atoms with Crippen LogP contribution in [0.4, 0.5) is 0 Å². The second-order valence-corrected chi connectivity index (χ2v) is 6.73. The van der Waals surface area contributed by atoms with Crippen LogP contribution >= 0.6 is 0 Å². The van der Waals surface area contributed by atoms with E-state index in [0.717, 1.165) is 0 Å². The standard InChI is InChI=1S/C4H10O2.4C4H6O2.C3H8O2/c1-4(6)2-3-5;4*1-3(2)4(5)6;1-3(5)2-4/h4-6H,2-3H2,1H3;4*1H2,2H3,(H,5,6);3-5H,2H2,1H3. The number of rotatable bonds is 7. The topological polar surface area (TPSA) is 230 Å². The van der Waals surface area contributed by atoms with E-state index in [0.29, 0.717) is 6.42 Å². The van der Waals surface area contributed by atoms with Crippen LogP contribution in [0.1, 0.15) is 48.0 Å². The van der Waals surface area contributed by atoms with Gasteiger partial charge in [0.05, 0.1) is 18.8 Å². The van der Waals surface area contributed by atoms with Crippen molar-refractivity contribution < 1.29 is 60.0 Å². The largest absolute Gasteiger partial charge is 0.478 e. The zero-order chi connectivity index (χ0) is 29.9. The first-order valence-corrected chi connectivity index (χ1v) is 9.75. The van der Waals surface area contributed by atoms with Crippen molar-refractivity contribution in [3.63, 3.8) is 0 Å². The number of carbonyl (C=O) groups is 4. The molecule has 0 heterocycles. The number of carboxylic acid groups (broad SMARTS) is 4. The summed E-state index contributed by atoms with van der Waals surface area (Å²) in [6, 6.07) is 0. The van der Waals surface area contributed by atoms with Gasteiger partial charge in [-0.3, -0.25) is 0 Å². The molecule has 0 aliphatic rings. The second kappa shape index (κ2) is 30.7. The highest BCUT2D eigenvalue weighted by atomic mass is 16.4. The smallest absolute Gasteiger partial charge is 0.330 e. The average Bonchev–Trinajstić information content (AvgIpc) is 2.69. The molecule has 0 spiro atoms. The Bertz CT molecular complexity index is 517. The molecule has 0 rings (SSSR count). The lowest BCUT2D eigenvalue weighted by Crippen LogP contribution is -2.03. The minimum atomic E-state index is -0.935. The van der Waals surface area contributed by atoms with Crippen molar-refractivity contribution in [1.82, 2.24) is 0 Å². The fourth-order valence-corrected chi connectivity index (χ4v) is 0.187. The van der Waals surface area contributed by atoms with Crippen molar-refractivity contribution in [3.05, 3.63) is 48.6 Å². The summed E-state index contributed by atoms with van der Waals surface area (Å²) in [7, 11) is 0. The minimum absolute atomic E-state index is 0.0810. The van der Waals surface area contributed by atoms with Crippen LogP contribution in [0.5, 0.6) is 0 Å². The molecule has 0 aliphatic heterocycles. The zero-order valence-corrected chi connectivity index (χ0v) is 21.3. The molecular formula is C23H42O12. The van der Waals surface area contributed by atoms with Gasteiger partial charge in [0, 0.05) is 28.9 Å². The Balaban J connectivity index is -0.0000000722. The normalized spacial score (nSPS) is 9.77. The first kappa shape index (κ1) is 45.2. The van der Waals surface area contributed by atoms with E-state index >= 15 is 0 Å². The maximum Gasteiger partial charge on any atom is 0.330 e. The van der Waals surface area contributed by atoms with Crippen molar-refractivity contribution in [1.29, 1.82) is 0 Å². The number of aliphatic carboxylic acids is 4. The molecule has 35 heavy (non-hydrogen) atoms. The van der Waals surface area contributed by atoms with Gasteiger partial charge in [-0.25, -0.2) is 19.2 Å². The SMILES string of the molecule is C=C(C)C(=O)O.C=C(C)C(=O)O.C=C(C)C(=O)O.C=C(C)C(=O)O.CC(O)CCO.CC(O)CO. The van der Waals surface area contributed by atoms with Gasteiger partial charge in [-0.15, -0.1) is 0 Å². The highest BCUT2D eigenvalue weighted by molar-refractivity contribution is 5.85. The lowest BCUT2D eigenvalue weighted by atomic mass is 10.3. The molecule has 0 saturated carbocycles. The van der Waals surface area contributed by atoms with Gasteiger partial charge in [0.2, 0.25) is 0 Å². The molecular weight excluding hydrogens is 468 g/mol. The Morgan fingerprint density at radius 3 is 0.714 bits per heavy atom. The van der Waals surface area contributed by atoms with Gasteiger partial charge in [0.1, 0.15) is 0 Å². The molecule has 0 aromatic carbocycles. The molecule has 8 N–H and O–H groups in total. The first-order valence-electron chi connectivity index (χ1n) is 9.75. The van der Waals surface area contributed by atoms with Gasteiger partial charge in [0.25, 0.3) is 0 Å². The number of aliphatic hydroxyl groups is 4. The highest BCUT2D eigenvalue weighted by Crippen LogP contribution is 1.84. The van der Waals surface area contributed by atoms with Crippen molar-refractivity contribution in [2.75, 3.05) is 13.2 Å². The molecule has 12 heteroatoms. The van der Waals surface area contributed by atoms with Crippen LogP contribution in [0.25, 0.3) is 0 Å². The Labute approximate surface area is 206 Å². The molecule has 2 atom stereocenters. The van der Waals surface area contributed by atoms with Crippen LogP contribution in [0, 0.1) is 0 Å². The lowest BCUT2D eigenvalue weighted by molar-refractivity contribution is -0.133. The van der Waals surface area contributed by atoms with E-state index in [-0.39, 0.29) is 41.6 Å². The van der Waals surface area contributed by atoms with Gasteiger partial charge >= 0.3 is 23.9 Å². The molecule has 0 bridgehead atoms. The monoisotopic (exact) mass is 510 g/mol. The maximum atomic E-state index is 9.60. The molecule has 0 aliphatic carbocycles. The molecule has 12 nitrogen and oxygen atoms in total. The van der Waals surface area contributed by atoms with Gasteiger partial charge in [-0.05, 0) is 48.0 Å². The fraction of sp³-hybridized carbons (Fsp3) is 0.478. The summed E-state index contributed by atoms with van der Waals surface area (Å²) in [4.78, 5) is 38.4. The van der Waals surface area contributed by atoms with Crippen LogP contribution in [0.3, 0.4) is 0 Å². The number of aliphatic hydroxyl groups excluding tert-OH is 4. The van der Waals surface area contributed by atoms with Crippen LogP contribution in [0.15, 0.2) is 48.6 Å². The van der Waals surface area contributed by atoms with E-state index in [2.05, 4.69) is 26.3 Å². The molecule has 206 valence electrons. The van der Waals surface area contributed by atoms with E-state index in [1.165, 1.54) is 34.6 Å². The quantitative estimate of drug-likeness (QED) is 0.229. The van der Waals surface area contributed by atoms with E-state index in [1.54, 1.807) is 6.92 Å². The molecule has 0 aromatic rings. The summed E-state index contributed by atoms with van der Waals surface area (Å²) in [6.07, 6.45) is -0.426. The third-order valence-electron chi connectivity index (χ3n) is 2.27. The number of hydrogen-bond acceptors (Lipinski definition) is 8. The molecule has 2 unspecified atom stereocenters. The van der Waals surface area contributed by atoms with Crippen molar-refractivity contribution in [2.45, 2.75) is 60.2 Å². The Morgan fingerprint density at radius 1 is 0.571 bits per heavy atom. The van der Waals surface area contributed by atoms with E-state index in [1.807, 2.05) is 0 Å². The van der Waals surface area contributed by atoms with Gasteiger partial charge in [-0.1, -0.05) is 26.3 Å². The third kappa shape index (κ3) is 80.7. The number of hydrogen-bond donors (Lipinski definition) is 8. The predicted molar refractivity (Wildman–Crippen MR) is 132 cm³/mol. The summed E-state index contributed by atoms with van der Waals surface area (Å²) in [5, 5.41) is 64.0. The Kier molecular flexibility index (Phi) is 39.6. The van der Waals surface area contributed by atoms with Crippen LogP contribution < -0.4 is 0 Å². The van der Waals surface area contributed by atoms with E-state index in [9.17, 15) is 19.2 Å². The van der Waals surface area contributed by atoms with E-state index < -0.39 is 30.0 Å². The zero-order valence-electron chi connectivity index (χ0n) is 21.3. The fourth-order valence-electron chi connectivity index (χ4n) is 0.187. The summed E-state index contributed by atoms with van der Waals surface area (Å²) < 4.78 is 0. The van der Waals surface area contributed by atoms with Gasteiger partial charge < -0.3 is 40.9 Å². The lowest BCUT2D eigenvalue weighted by Gasteiger charge is -1.95. The molecule has 0 fully saturated rings. The average molecular weight is 511 g/mol. The highest BCUT2D eigenvalue weighted by Gasteiger charge is 1.92. The second-order valence-electron chi connectivity index (χ2n) is 6.73. The van der Waals surface area contributed by atoms with Gasteiger partial charge in [0.15, 0.2) is 0 Å². The third-order valence-corrected chi connectivity index (χ3v) is 2.27.